The second-order valence-electron chi connectivity index (χ2n) is 3.78. The molecule has 0 unspecified atom stereocenters. The van der Waals surface area contributed by atoms with Gasteiger partial charge in [0, 0.05) is 29.8 Å². The maximum absolute atomic E-state index is 11.8. The fourth-order valence-electron chi connectivity index (χ4n) is 1.74. The minimum absolute atomic E-state index is 0. The van der Waals surface area contributed by atoms with Gasteiger partial charge in [0.1, 0.15) is 0 Å². The summed E-state index contributed by atoms with van der Waals surface area (Å²) in [6.45, 7) is 1.83. The third kappa shape index (κ3) is 2.72. The Morgan fingerprint density at radius 1 is 1.50 bits per heavy atom. The Labute approximate surface area is 119 Å². The van der Waals surface area contributed by atoms with Gasteiger partial charge >= 0.3 is 0 Å². The van der Waals surface area contributed by atoms with Gasteiger partial charge in [-0.15, -0.1) is 23.7 Å². The fourth-order valence-corrected chi connectivity index (χ4v) is 3.35. The topological polar surface area (TPSA) is 54.0 Å². The third-order valence-corrected chi connectivity index (χ3v) is 4.30. The predicted molar refractivity (Wildman–Crippen MR) is 77.0 cm³/mol. The van der Waals surface area contributed by atoms with Crippen molar-refractivity contribution in [2.45, 2.75) is 13.0 Å². The van der Waals surface area contributed by atoms with Gasteiger partial charge in [0.15, 0.2) is 5.13 Å². The Morgan fingerprint density at radius 3 is 3.11 bits per heavy atom. The largest absolute Gasteiger partial charge is 0.311 e. The molecule has 1 aliphatic rings. The van der Waals surface area contributed by atoms with E-state index in [9.17, 15) is 4.79 Å². The standard InChI is InChI=1S/C11H11N3OS2.ClH/c15-10(7-2-4-16-6-7)14-11-13-8-1-3-12-5-9(8)17-11;/h2,4,6,12H,1,3,5H2,(H,13,14,15);1H. The van der Waals surface area contributed by atoms with Gasteiger partial charge in [-0.25, -0.2) is 4.98 Å². The van der Waals surface area contributed by atoms with Gasteiger partial charge in [0.05, 0.1) is 11.3 Å². The van der Waals surface area contributed by atoms with E-state index in [1.54, 1.807) is 11.3 Å². The summed E-state index contributed by atoms with van der Waals surface area (Å²) in [5.74, 6) is -0.0784. The molecular weight excluding hydrogens is 290 g/mol. The van der Waals surface area contributed by atoms with Crippen molar-refractivity contribution in [1.82, 2.24) is 10.3 Å². The Balaban J connectivity index is 0.00000120. The highest BCUT2D eigenvalue weighted by atomic mass is 35.5. The van der Waals surface area contributed by atoms with Crippen molar-refractivity contribution in [2.24, 2.45) is 0 Å². The van der Waals surface area contributed by atoms with E-state index >= 15 is 0 Å². The van der Waals surface area contributed by atoms with E-state index in [-0.39, 0.29) is 18.3 Å². The van der Waals surface area contributed by atoms with E-state index in [1.807, 2.05) is 16.8 Å². The van der Waals surface area contributed by atoms with E-state index in [1.165, 1.54) is 16.2 Å². The number of thiophene rings is 1. The first kappa shape index (κ1) is 13.5. The zero-order chi connectivity index (χ0) is 11.7. The number of hydrogen-bond donors (Lipinski definition) is 2. The lowest BCUT2D eigenvalue weighted by atomic mass is 10.2. The minimum atomic E-state index is -0.0784. The van der Waals surface area contributed by atoms with Crippen molar-refractivity contribution < 1.29 is 4.79 Å². The van der Waals surface area contributed by atoms with Gasteiger partial charge in [0.2, 0.25) is 0 Å². The van der Waals surface area contributed by atoms with Crippen LogP contribution in [0.25, 0.3) is 0 Å². The summed E-state index contributed by atoms with van der Waals surface area (Å²) in [5.41, 5.74) is 1.82. The lowest BCUT2D eigenvalue weighted by molar-refractivity contribution is 0.102. The van der Waals surface area contributed by atoms with Crippen LogP contribution in [0.5, 0.6) is 0 Å². The van der Waals surface area contributed by atoms with Crippen molar-refractivity contribution in [2.75, 3.05) is 11.9 Å². The van der Waals surface area contributed by atoms with Gasteiger partial charge in [-0.3, -0.25) is 10.1 Å². The molecule has 0 bridgehead atoms. The maximum Gasteiger partial charge on any atom is 0.258 e. The second-order valence-corrected chi connectivity index (χ2v) is 5.65. The third-order valence-electron chi connectivity index (χ3n) is 2.61. The highest BCUT2D eigenvalue weighted by molar-refractivity contribution is 7.16. The molecule has 3 rings (SSSR count). The van der Waals surface area contributed by atoms with E-state index in [2.05, 4.69) is 15.6 Å². The molecule has 0 saturated carbocycles. The molecule has 0 spiro atoms. The molecule has 1 aliphatic heterocycles. The number of carbonyl (C=O) groups is 1. The zero-order valence-corrected chi connectivity index (χ0v) is 11.9. The molecular formula is C11H12ClN3OS2. The number of carbonyl (C=O) groups excluding carboxylic acids is 1. The predicted octanol–water partition coefficient (Wildman–Crippen LogP) is 2.52. The molecule has 0 radical (unpaired) electrons. The van der Waals surface area contributed by atoms with Crippen molar-refractivity contribution in [3.05, 3.63) is 33.0 Å². The van der Waals surface area contributed by atoms with Crippen LogP contribution >= 0.6 is 35.1 Å². The average molecular weight is 302 g/mol. The summed E-state index contributed by atoms with van der Waals surface area (Å²) in [6.07, 6.45) is 0.945. The van der Waals surface area contributed by atoms with Crippen LogP contribution < -0.4 is 10.6 Å². The van der Waals surface area contributed by atoms with Crippen LogP contribution in [0.2, 0.25) is 0 Å². The van der Waals surface area contributed by atoms with Crippen molar-refractivity contribution >= 4 is 46.1 Å². The molecule has 0 aromatic carbocycles. The fraction of sp³-hybridized carbons (Fsp3) is 0.273. The molecule has 0 saturated heterocycles. The molecule has 2 aromatic rings. The van der Waals surface area contributed by atoms with Crippen molar-refractivity contribution in [3.63, 3.8) is 0 Å². The number of thiazole rings is 1. The zero-order valence-electron chi connectivity index (χ0n) is 9.43. The van der Waals surface area contributed by atoms with Crippen LogP contribution in [-0.4, -0.2) is 17.4 Å². The SMILES string of the molecule is Cl.O=C(Nc1nc2c(s1)CNCC2)c1ccsc1. The molecule has 7 heteroatoms. The number of halogens is 1. The number of aromatic nitrogens is 1. The van der Waals surface area contributed by atoms with Crippen LogP contribution in [0.4, 0.5) is 5.13 Å². The lowest BCUT2D eigenvalue weighted by Gasteiger charge is -2.09. The van der Waals surface area contributed by atoms with Gasteiger partial charge in [0.25, 0.3) is 5.91 Å². The average Bonchev–Trinajstić information content (AvgIpc) is 2.97. The number of nitrogens with zero attached hydrogens (tertiary/aromatic N) is 1. The summed E-state index contributed by atoms with van der Waals surface area (Å²) >= 11 is 3.08. The van der Waals surface area contributed by atoms with Crippen LogP contribution in [-0.2, 0) is 13.0 Å². The summed E-state index contributed by atoms with van der Waals surface area (Å²) in [5, 5.41) is 10.6. The van der Waals surface area contributed by atoms with Crippen molar-refractivity contribution in [1.29, 1.82) is 0 Å². The summed E-state index contributed by atoms with van der Waals surface area (Å²) in [4.78, 5) is 17.5. The van der Waals surface area contributed by atoms with Gasteiger partial charge < -0.3 is 5.32 Å². The van der Waals surface area contributed by atoms with Gasteiger partial charge in [-0.2, -0.15) is 11.3 Å². The van der Waals surface area contributed by atoms with Crippen LogP contribution in [0.1, 0.15) is 20.9 Å². The van der Waals surface area contributed by atoms with E-state index < -0.39 is 0 Å². The molecule has 2 N–H and O–H groups in total. The molecule has 18 heavy (non-hydrogen) atoms. The Bertz CT molecular complexity index is 515. The maximum atomic E-state index is 11.8. The smallest absolute Gasteiger partial charge is 0.258 e. The number of amides is 1. The molecule has 1 amide bonds. The summed E-state index contributed by atoms with van der Waals surface area (Å²) in [7, 11) is 0. The first-order valence-electron chi connectivity index (χ1n) is 5.36. The number of hydrogen-bond acceptors (Lipinski definition) is 5. The summed E-state index contributed by atoms with van der Waals surface area (Å²) in [6, 6.07) is 1.81. The molecule has 0 aliphatic carbocycles. The van der Waals surface area contributed by atoms with E-state index in [0.717, 1.165) is 25.2 Å². The van der Waals surface area contributed by atoms with Crippen LogP contribution in [0.15, 0.2) is 16.8 Å². The number of nitrogens with one attached hydrogen (secondary N) is 2. The number of rotatable bonds is 2. The highest BCUT2D eigenvalue weighted by Gasteiger charge is 2.16. The minimum Gasteiger partial charge on any atom is -0.311 e. The molecule has 0 fully saturated rings. The normalized spacial score (nSPS) is 13.6. The quantitative estimate of drug-likeness (QED) is 0.896. The van der Waals surface area contributed by atoms with Crippen molar-refractivity contribution in [3.8, 4) is 0 Å². The monoisotopic (exact) mass is 301 g/mol. The Morgan fingerprint density at radius 2 is 2.39 bits per heavy atom. The number of anilines is 1. The molecule has 4 nitrogen and oxygen atoms in total. The lowest BCUT2D eigenvalue weighted by Crippen LogP contribution is -2.22. The molecule has 0 atom stereocenters. The molecule has 2 aromatic heterocycles. The summed E-state index contributed by atoms with van der Waals surface area (Å²) < 4.78 is 0. The van der Waals surface area contributed by atoms with Gasteiger partial charge in [-0.1, -0.05) is 0 Å². The molecule has 3 heterocycles. The highest BCUT2D eigenvalue weighted by Crippen LogP contribution is 2.25. The van der Waals surface area contributed by atoms with Crippen LogP contribution in [0, 0.1) is 0 Å². The van der Waals surface area contributed by atoms with E-state index in [0.29, 0.717) is 10.7 Å². The van der Waals surface area contributed by atoms with Gasteiger partial charge in [-0.05, 0) is 11.4 Å². The Hall–Kier alpha value is -0.950. The first-order valence-corrected chi connectivity index (χ1v) is 7.12. The number of fused-ring (bicyclic) bond motifs is 1. The van der Waals surface area contributed by atoms with E-state index in [4.69, 9.17) is 0 Å². The second kappa shape index (κ2) is 5.79. The Kier molecular flexibility index (Phi) is 4.34. The molecule has 96 valence electrons. The van der Waals surface area contributed by atoms with Crippen LogP contribution in [0.3, 0.4) is 0 Å². The first-order chi connectivity index (χ1) is 8.33.